The standard InChI is InChI=1S/C21H33N3O2/c1-6-26-20(25)18-8-11-24(12-9-18)21(22-5)23-10-7-19-16(3)13-15(2)14-17(19)4/h13-14,18H,6-12H2,1-5H3,(H,22,23). The molecule has 1 N–H and O–H groups in total. The summed E-state index contributed by atoms with van der Waals surface area (Å²) in [6.45, 7) is 11.4. The van der Waals surface area contributed by atoms with Gasteiger partial charge in [-0.15, -0.1) is 0 Å². The number of likely N-dealkylation sites (tertiary alicyclic amines) is 1. The van der Waals surface area contributed by atoms with E-state index < -0.39 is 0 Å². The molecule has 1 aliphatic rings. The van der Waals surface area contributed by atoms with Crippen LogP contribution in [-0.2, 0) is 16.0 Å². The van der Waals surface area contributed by atoms with Crippen LogP contribution in [0.5, 0.6) is 0 Å². The topological polar surface area (TPSA) is 53.9 Å². The first-order valence-corrected chi connectivity index (χ1v) is 9.65. The lowest BCUT2D eigenvalue weighted by Gasteiger charge is -2.33. The molecule has 1 aromatic carbocycles. The van der Waals surface area contributed by atoms with E-state index in [1.165, 1.54) is 22.3 Å². The number of hydrogen-bond donors (Lipinski definition) is 1. The number of carbonyl (C=O) groups excluding carboxylic acids is 1. The Morgan fingerprint density at radius 3 is 2.38 bits per heavy atom. The molecule has 26 heavy (non-hydrogen) atoms. The first-order chi connectivity index (χ1) is 12.5. The molecule has 0 radical (unpaired) electrons. The van der Waals surface area contributed by atoms with Gasteiger partial charge in [0.1, 0.15) is 0 Å². The third-order valence-electron chi connectivity index (χ3n) is 5.12. The Bertz CT molecular complexity index is 624. The Balaban J connectivity index is 1.85. The van der Waals surface area contributed by atoms with E-state index in [4.69, 9.17) is 4.74 Å². The lowest BCUT2D eigenvalue weighted by Crippen LogP contribution is -2.47. The number of aryl methyl sites for hydroxylation is 3. The third-order valence-corrected chi connectivity index (χ3v) is 5.12. The third kappa shape index (κ3) is 5.23. The van der Waals surface area contributed by atoms with Gasteiger partial charge in [-0.25, -0.2) is 0 Å². The highest BCUT2D eigenvalue weighted by molar-refractivity contribution is 5.80. The van der Waals surface area contributed by atoms with Crippen LogP contribution in [0.3, 0.4) is 0 Å². The molecule has 1 heterocycles. The zero-order valence-electron chi connectivity index (χ0n) is 16.9. The number of guanidine groups is 1. The largest absolute Gasteiger partial charge is 0.466 e. The highest BCUT2D eigenvalue weighted by Gasteiger charge is 2.27. The molecule has 5 nitrogen and oxygen atoms in total. The molecule has 1 aliphatic heterocycles. The fourth-order valence-electron chi connectivity index (χ4n) is 3.82. The van der Waals surface area contributed by atoms with Crippen molar-refractivity contribution in [2.24, 2.45) is 10.9 Å². The maximum absolute atomic E-state index is 11.9. The van der Waals surface area contributed by atoms with E-state index in [0.717, 1.165) is 44.9 Å². The van der Waals surface area contributed by atoms with Crippen molar-refractivity contribution >= 4 is 11.9 Å². The quantitative estimate of drug-likeness (QED) is 0.499. The molecule has 0 aliphatic carbocycles. The van der Waals surface area contributed by atoms with Crippen molar-refractivity contribution in [3.63, 3.8) is 0 Å². The minimum Gasteiger partial charge on any atom is -0.466 e. The Morgan fingerprint density at radius 1 is 1.23 bits per heavy atom. The second kappa shape index (κ2) is 9.60. The molecule has 0 atom stereocenters. The van der Waals surface area contributed by atoms with Crippen LogP contribution in [0.1, 0.15) is 42.0 Å². The van der Waals surface area contributed by atoms with E-state index >= 15 is 0 Å². The molecule has 0 unspecified atom stereocenters. The summed E-state index contributed by atoms with van der Waals surface area (Å²) in [6.07, 6.45) is 2.64. The van der Waals surface area contributed by atoms with E-state index in [-0.39, 0.29) is 11.9 Å². The van der Waals surface area contributed by atoms with Crippen LogP contribution in [-0.4, -0.2) is 50.1 Å². The van der Waals surface area contributed by atoms with Gasteiger partial charge in [-0.3, -0.25) is 9.79 Å². The molecule has 5 heteroatoms. The molecule has 1 saturated heterocycles. The Morgan fingerprint density at radius 2 is 1.85 bits per heavy atom. The lowest BCUT2D eigenvalue weighted by molar-refractivity contribution is -0.149. The second-order valence-electron chi connectivity index (χ2n) is 7.11. The van der Waals surface area contributed by atoms with E-state index in [1.807, 2.05) is 14.0 Å². The summed E-state index contributed by atoms with van der Waals surface area (Å²) in [4.78, 5) is 18.5. The van der Waals surface area contributed by atoms with Gasteiger partial charge >= 0.3 is 5.97 Å². The van der Waals surface area contributed by atoms with Crippen molar-refractivity contribution in [3.05, 3.63) is 34.4 Å². The van der Waals surface area contributed by atoms with Crippen molar-refractivity contribution in [2.45, 2.75) is 47.0 Å². The molecule has 0 aromatic heterocycles. The van der Waals surface area contributed by atoms with Gasteiger partial charge in [-0.05, 0) is 63.6 Å². The van der Waals surface area contributed by atoms with E-state index in [1.54, 1.807) is 0 Å². The SMILES string of the molecule is CCOC(=O)C1CCN(C(=NC)NCCc2c(C)cc(C)cc2C)CC1. The highest BCUT2D eigenvalue weighted by atomic mass is 16.5. The minimum atomic E-state index is -0.0552. The highest BCUT2D eigenvalue weighted by Crippen LogP contribution is 2.19. The summed E-state index contributed by atoms with van der Waals surface area (Å²) in [7, 11) is 1.82. The molecule has 0 spiro atoms. The van der Waals surface area contributed by atoms with Gasteiger partial charge in [0.25, 0.3) is 0 Å². The average Bonchev–Trinajstić information content (AvgIpc) is 2.61. The summed E-state index contributed by atoms with van der Waals surface area (Å²) in [5.74, 6) is 0.900. The zero-order chi connectivity index (χ0) is 19.1. The van der Waals surface area contributed by atoms with Gasteiger partial charge in [-0.2, -0.15) is 0 Å². The van der Waals surface area contributed by atoms with Gasteiger partial charge in [0, 0.05) is 26.7 Å². The van der Waals surface area contributed by atoms with Crippen LogP contribution >= 0.6 is 0 Å². The lowest BCUT2D eigenvalue weighted by atomic mass is 9.97. The minimum absolute atomic E-state index is 0.0298. The van der Waals surface area contributed by atoms with Gasteiger partial charge in [0.05, 0.1) is 12.5 Å². The van der Waals surface area contributed by atoms with Crippen molar-refractivity contribution in [1.82, 2.24) is 10.2 Å². The van der Waals surface area contributed by atoms with Crippen molar-refractivity contribution < 1.29 is 9.53 Å². The molecule has 1 fully saturated rings. The molecule has 0 bridgehead atoms. The van der Waals surface area contributed by atoms with Gasteiger partial charge in [0.2, 0.25) is 0 Å². The van der Waals surface area contributed by atoms with Crippen molar-refractivity contribution in [3.8, 4) is 0 Å². The number of piperidine rings is 1. The summed E-state index contributed by atoms with van der Waals surface area (Å²) in [5, 5.41) is 3.49. The summed E-state index contributed by atoms with van der Waals surface area (Å²) >= 11 is 0. The predicted octanol–water partition coefficient (Wildman–Crippen LogP) is 3.00. The fraction of sp³-hybridized carbons (Fsp3) is 0.619. The zero-order valence-corrected chi connectivity index (χ0v) is 16.9. The number of esters is 1. The molecule has 144 valence electrons. The number of hydrogen-bond acceptors (Lipinski definition) is 3. The summed E-state index contributed by atoms with van der Waals surface area (Å²) in [5.41, 5.74) is 5.45. The molecular formula is C21H33N3O2. The molecule has 1 aromatic rings. The number of benzene rings is 1. The van der Waals surface area contributed by atoms with Crippen molar-refractivity contribution in [1.29, 1.82) is 0 Å². The van der Waals surface area contributed by atoms with Crippen LogP contribution < -0.4 is 5.32 Å². The predicted molar refractivity (Wildman–Crippen MR) is 107 cm³/mol. The van der Waals surface area contributed by atoms with Crippen molar-refractivity contribution in [2.75, 3.05) is 33.3 Å². The molecular weight excluding hydrogens is 326 g/mol. The maximum atomic E-state index is 11.9. The first kappa shape index (κ1) is 20.3. The number of ether oxygens (including phenoxy) is 1. The smallest absolute Gasteiger partial charge is 0.309 e. The normalized spacial score (nSPS) is 15.9. The Labute approximate surface area is 157 Å². The van der Waals surface area contributed by atoms with Crippen LogP contribution in [0, 0.1) is 26.7 Å². The van der Waals surface area contributed by atoms with Gasteiger partial charge < -0.3 is 15.0 Å². The van der Waals surface area contributed by atoms with Crippen LogP contribution in [0.4, 0.5) is 0 Å². The maximum Gasteiger partial charge on any atom is 0.309 e. The summed E-state index contributed by atoms with van der Waals surface area (Å²) in [6, 6.07) is 4.49. The number of nitrogens with one attached hydrogen (secondary N) is 1. The van der Waals surface area contributed by atoms with Crippen LogP contribution in [0.2, 0.25) is 0 Å². The Hall–Kier alpha value is -2.04. The van der Waals surface area contributed by atoms with Gasteiger partial charge in [0.15, 0.2) is 5.96 Å². The summed E-state index contributed by atoms with van der Waals surface area (Å²) < 4.78 is 5.14. The van der Waals surface area contributed by atoms with E-state index in [0.29, 0.717) is 6.61 Å². The van der Waals surface area contributed by atoms with Gasteiger partial charge in [-0.1, -0.05) is 17.7 Å². The fourth-order valence-corrected chi connectivity index (χ4v) is 3.82. The number of rotatable bonds is 5. The molecule has 0 saturated carbocycles. The molecule has 2 rings (SSSR count). The molecule has 0 amide bonds. The number of carbonyl (C=O) groups is 1. The van der Waals surface area contributed by atoms with E-state index in [2.05, 4.69) is 48.1 Å². The average molecular weight is 360 g/mol. The van der Waals surface area contributed by atoms with E-state index in [9.17, 15) is 4.79 Å². The van der Waals surface area contributed by atoms with Crippen LogP contribution in [0.25, 0.3) is 0 Å². The second-order valence-corrected chi connectivity index (χ2v) is 7.11. The van der Waals surface area contributed by atoms with Crippen LogP contribution in [0.15, 0.2) is 17.1 Å². The number of aliphatic imine (C=N–C) groups is 1. The number of nitrogens with zero attached hydrogens (tertiary/aromatic N) is 2. The Kier molecular flexibility index (Phi) is 7.49. The first-order valence-electron chi connectivity index (χ1n) is 9.65. The monoisotopic (exact) mass is 359 g/mol.